The molecule has 0 aromatic rings. The quantitative estimate of drug-likeness (QED) is 0.442. The lowest BCUT2D eigenvalue weighted by Crippen LogP contribution is -2.25. The van der Waals surface area contributed by atoms with Gasteiger partial charge < -0.3 is 4.74 Å². The number of halogens is 1. The molecule has 2 nitrogen and oxygen atoms in total. The number of ether oxygens (including phenoxy) is 1. The molecule has 1 unspecified atom stereocenters. The predicted octanol–water partition coefficient (Wildman–Crippen LogP) is 4.23. The largest absolute Gasteiger partial charge is 0.462 e. The lowest BCUT2D eigenvalue weighted by molar-refractivity contribution is -0.147. The second-order valence-electron chi connectivity index (χ2n) is 5.22. The van der Waals surface area contributed by atoms with Crippen molar-refractivity contribution >= 4 is 17.7 Å². The molecule has 18 heavy (non-hydrogen) atoms. The summed E-state index contributed by atoms with van der Waals surface area (Å²) >= 11 is 1.65. The summed E-state index contributed by atoms with van der Waals surface area (Å²) in [7, 11) is 0. The molecule has 4 heteroatoms. The van der Waals surface area contributed by atoms with Gasteiger partial charge in [0.25, 0.3) is 0 Å². The van der Waals surface area contributed by atoms with Gasteiger partial charge in [-0.15, -0.1) is 11.8 Å². The number of hydrogen-bond donors (Lipinski definition) is 0. The molecule has 0 aliphatic heterocycles. The minimum atomic E-state index is -0.241. The van der Waals surface area contributed by atoms with E-state index in [0.29, 0.717) is 12.3 Å². The minimum Gasteiger partial charge on any atom is -0.462 e. The number of alkyl halides is 1. The van der Waals surface area contributed by atoms with Gasteiger partial charge in [-0.1, -0.05) is 20.3 Å². The zero-order valence-corrected chi connectivity index (χ0v) is 12.9. The van der Waals surface area contributed by atoms with Crippen LogP contribution in [0.1, 0.15) is 53.4 Å². The van der Waals surface area contributed by atoms with Crippen LogP contribution in [0.5, 0.6) is 0 Å². The van der Waals surface area contributed by atoms with Crippen molar-refractivity contribution in [3.8, 4) is 0 Å². The summed E-state index contributed by atoms with van der Waals surface area (Å²) in [6.07, 6.45) is 3.29. The van der Waals surface area contributed by atoms with Gasteiger partial charge in [0, 0.05) is 0 Å². The van der Waals surface area contributed by atoms with Crippen LogP contribution < -0.4 is 0 Å². The van der Waals surface area contributed by atoms with Gasteiger partial charge in [0.05, 0.1) is 12.8 Å². The van der Waals surface area contributed by atoms with Gasteiger partial charge >= 0.3 is 5.97 Å². The molecule has 0 bridgehead atoms. The van der Waals surface area contributed by atoms with Crippen molar-refractivity contribution in [1.29, 1.82) is 0 Å². The van der Waals surface area contributed by atoms with Crippen LogP contribution in [0.3, 0.4) is 0 Å². The Morgan fingerprint density at radius 3 is 2.33 bits per heavy atom. The van der Waals surface area contributed by atoms with Gasteiger partial charge in [0.1, 0.15) is 5.25 Å². The number of unbranched alkanes of at least 4 members (excludes halogenated alkanes) is 2. The first-order chi connectivity index (χ1) is 8.47. The summed E-state index contributed by atoms with van der Waals surface area (Å²) in [5.74, 6) is 1.28. The minimum absolute atomic E-state index is 0.0562. The molecule has 0 N–H and O–H groups in total. The molecular formula is C14H27FO2S. The Bertz CT molecular complexity index is 220. The topological polar surface area (TPSA) is 26.3 Å². The maximum absolute atomic E-state index is 11.9. The monoisotopic (exact) mass is 278 g/mol. The van der Waals surface area contributed by atoms with Crippen molar-refractivity contribution in [2.45, 2.75) is 64.7 Å². The average molecular weight is 278 g/mol. The molecular weight excluding hydrogens is 251 g/mol. The Morgan fingerprint density at radius 1 is 1.17 bits per heavy atom. The van der Waals surface area contributed by atoms with Gasteiger partial charge in [-0.05, 0) is 44.8 Å². The Kier molecular flexibility index (Phi) is 10.5. The number of carbonyl (C=O) groups is 1. The summed E-state index contributed by atoms with van der Waals surface area (Å²) in [6.45, 7) is 7.72. The molecule has 0 spiro atoms. The molecule has 0 saturated heterocycles. The standard InChI is InChI=1S/C14H27FO2S/c1-11(2)10-13(14(16)17-12(3)4)18-9-7-5-6-8-15/h11-13H,5-10H2,1-4H3. The maximum atomic E-state index is 11.9. The van der Waals surface area contributed by atoms with Crippen molar-refractivity contribution in [3.63, 3.8) is 0 Å². The highest BCUT2D eigenvalue weighted by Gasteiger charge is 2.22. The zero-order valence-electron chi connectivity index (χ0n) is 12.1. The molecule has 0 fully saturated rings. The third kappa shape index (κ3) is 9.75. The van der Waals surface area contributed by atoms with E-state index in [-0.39, 0.29) is 24.0 Å². The average Bonchev–Trinajstić information content (AvgIpc) is 2.25. The van der Waals surface area contributed by atoms with E-state index in [1.165, 1.54) is 0 Å². The van der Waals surface area contributed by atoms with Crippen LogP contribution in [0.25, 0.3) is 0 Å². The van der Waals surface area contributed by atoms with E-state index in [1.54, 1.807) is 11.8 Å². The lowest BCUT2D eigenvalue weighted by atomic mass is 10.1. The van der Waals surface area contributed by atoms with Crippen molar-refractivity contribution in [2.24, 2.45) is 5.92 Å². The first-order valence-electron chi connectivity index (χ1n) is 6.85. The summed E-state index contributed by atoms with van der Waals surface area (Å²) in [4.78, 5) is 11.9. The highest BCUT2D eigenvalue weighted by molar-refractivity contribution is 8.00. The maximum Gasteiger partial charge on any atom is 0.319 e. The molecule has 0 aromatic heterocycles. The van der Waals surface area contributed by atoms with Crippen molar-refractivity contribution < 1.29 is 13.9 Å². The van der Waals surface area contributed by atoms with Crippen LogP contribution in [0.15, 0.2) is 0 Å². The second kappa shape index (κ2) is 10.7. The zero-order chi connectivity index (χ0) is 14.0. The molecule has 0 aliphatic carbocycles. The van der Waals surface area contributed by atoms with Crippen molar-refractivity contribution in [3.05, 3.63) is 0 Å². The molecule has 0 aliphatic rings. The van der Waals surface area contributed by atoms with E-state index in [2.05, 4.69) is 13.8 Å². The molecule has 0 rings (SSSR count). The molecule has 0 radical (unpaired) electrons. The number of hydrogen-bond acceptors (Lipinski definition) is 3. The Hall–Kier alpha value is -0.250. The molecule has 0 aromatic carbocycles. The summed E-state index contributed by atoms with van der Waals surface area (Å²) < 4.78 is 17.2. The fourth-order valence-electron chi connectivity index (χ4n) is 1.57. The first kappa shape index (κ1) is 17.8. The van der Waals surface area contributed by atoms with Gasteiger partial charge in [-0.2, -0.15) is 0 Å². The molecule has 108 valence electrons. The SMILES string of the molecule is CC(C)CC(SCCCCCF)C(=O)OC(C)C. The lowest BCUT2D eigenvalue weighted by Gasteiger charge is -2.19. The molecule has 0 heterocycles. The van der Waals surface area contributed by atoms with E-state index in [1.807, 2.05) is 13.8 Å². The number of thioether (sulfide) groups is 1. The fourth-order valence-corrected chi connectivity index (χ4v) is 2.94. The summed E-state index contributed by atoms with van der Waals surface area (Å²) in [5, 5.41) is -0.0715. The normalized spacial score (nSPS) is 13.1. The number of carbonyl (C=O) groups excluding carboxylic acids is 1. The van der Waals surface area contributed by atoms with E-state index >= 15 is 0 Å². The van der Waals surface area contributed by atoms with Gasteiger partial charge in [0.2, 0.25) is 0 Å². The van der Waals surface area contributed by atoms with E-state index in [9.17, 15) is 9.18 Å². The molecule has 0 saturated carbocycles. The van der Waals surface area contributed by atoms with Crippen LogP contribution in [0.2, 0.25) is 0 Å². The number of esters is 1. The van der Waals surface area contributed by atoms with Crippen LogP contribution in [0.4, 0.5) is 4.39 Å². The van der Waals surface area contributed by atoms with Crippen LogP contribution in [-0.2, 0) is 9.53 Å². The Labute approximate surface area is 115 Å². The Balaban J connectivity index is 4.02. The third-order valence-corrected chi connectivity index (χ3v) is 3.71. The van der Waals surface area contributed by atoms with Crippen LogP contribution in [-0.4, -0.2) is 29.8 Å². The van der Waals surface area contributed by atoms with E-state index in [0.717, 1.165) is 25.0 Å². The second-order valence-corrected chi connectivity index (χ2v) is 6.53. The molecule has 0 amide bonds. The smallest absolute Gasteiger partial charge is 0.319 e. The predicted molar refractivity (Wildman–Crippen MR) is 76.8 cm³/mol. The third-order valence-electron chi connectivity index (χ3n) is 2.40. The molecule has 1 atom stereocenters. The van der Waals surface area contributed by atoms with E-state index < -0.39 is 0 Å². The first-order valence-corrected chi connectivity index (χ1v) is 7.90. The highest BCUT2D eigenvalue weighted by atomic mass is 32.2. The summed E-state index contributed by atoms with van der Waals surface area (Å²) in [6, 6.07) is 0. The van der Waals surface area contributed by atoms with Gasteiger partial charge in [-0.25, -0.2) is 0 Å². The van der Waals surface area contributed by atoms with Crippen molar-refractivity contribution in [1.82, 2.24) is 0 Å². The fraction of sp³-hybridized carbons (Fsp3) is 0.929. The van der Waals surface area contributed by atoms with Gasteiger partial charge in [-0.3, -0.25) is 9.18 Å². The summed E-state index contributed by atoms with van der Waals surface area (Å²) in [5.41, 5.74) is 0. The van der Waals surface area contributed by atoms with Crippen LogP contribution >= 0.6 is 11.8 Å². The van der Waals surface area contributed by atoms with E-state index in [4.69, 9.17) is 4.74 Å². The highest BCUT2D eigenvalue weighted by Crippen LogP contribution is 2.22. The van der Waals surface area contributed by atoms with Gasteiger partial charge in [0.15, 0.2) is 0 Å². The van der Waals surface area contributed by atoms with Crippen molar-refractivity contribution in [2.75, 3.05) is 12.4 Å². The van der Waals surface area contributed by atoms with Crippen LogP contribution in [0, 0.1) is 5.92 Å². The number of rotatable bonds is 10. The Morgan fingerprint density at radius 2 is 1.83 bits per heavy atom.